The zero-order valence-electron chi connectivity index (χ0n) is 18.6. The highest BCUT2D eigenvalue weighted by molar-refractivity contribution is 5.89. The fourth-order valence-electron chi connectivity index (χ4n) is 4.29. The third-order valence-electron chi connectivity index (χ3n) is 6.18. The average Bonchev–Trinajstić information content (AvgIpc) is 3.53. The van der Waals surface area contributed by atoms with Gasteiger partial charge in [-0.3, -0.25) is 14.9 Å². The van der Waals surface area contributed by atoms with Gasteiger partial charge in [-0.25, -0.2) is 9.97 Å². The van der Waals surface area contributed by atoms with E-state index >= 15 is 0 Å². The SMILES string of the molecule is CC(=O)N1CCN(c2ccc(Nc3nc(-c4cnc5cc[nH]c5c4)nc4cn[nH]c34)cc2)CC1. The number of amides is 1. The number of aromatic amines is 2. The summed E-state index contributed by atoms with van der Waals surface area (Å²) in [5.41, 5.74) is 6.15. The largest absolute Gasteiger partial charge is 0.368 e. The summed E-state index contributed by atoms with van der Waals surface area (Å²) >= 11 is 0. The summed E-state index contributed by atoms with van der Waals surface area (Å²) in [7, 11) is 0. The Morgan fingerprint density at radius 1 is 1.00 bits per heavy atom. The van der Waals surface area contributed by atoms with Crippen LogP contribution in [0, 0.1) is 0 Å². The van der Waals surface area contributed by atoms with E-state index in [0.29, 0.717) is 11.6 Å². The molecule has 4 aromatic heterocycles. The van der Waals surface area contributed by atoms with E-state index in [2.05, 4.69) is 47.5 Å². The molecule has 0 radical (unpaired) electrons. The molecule has 10 heteroatoms. The van der Waals surface area contributed by atoms with Crippen LogP contribution in [0.25, 0.3) is 33.5 Å². The summed E-state index contributed by atoms with van der Waals surface area (Å²) in [6.07, 6.45) is 5.33. The molecule has 5 aromatic rings. The standard InChI is InChI=1S/C24H23N9O/c1-15(34)32-8-10-33(11-9-32)18-4-2-17(3-5-18)28-24-22-21(14-27-31-22)29-23(30-24)16-12-20-19(26-13-16)6-7-25-20/h2-7,12-14,25H,8-11H2,1H3,(H,27,31)(H,28,29,30). The second-order valence-electron chi connectivity index (χ2n) is 8.33. The van der Waals surface area contributed by atoms with Crippen molar-refractivity contribution in [3.63, 3.8) is 0 Å². The number of carbonyl (C=O) groups excluding carboxylic acids is 1. The van der Waals surface area contributed by atoms with E-state index in [-0.39, 0.29) is 5.91 Å². The summed E-state index contributed by atoms with van der Waals surface area (Å²) in [4.78, 5) is 32.8. The van der Waals surface area contributed by atoms with Crippen LogP contribution < -0.4 is 10.2 Å². The third-order valence-corrected chi connectivity index (χ3v) is 6.18. The predicted molar refractivity (Wildman–Crippen MR) is 131 cm³/mol. The van der Waals surface area contributed by atoms with Crippen molar-refractivity contribution in [1.82, 2.24) is 35.0 Å². The van der Waals surface area contributed by atoms with E-state index in [1.807, 2.05) is 35.4 Å². The molecule has 0 aliphatic carbocycles. The molecule has 1 fully saturated rings. The van der Waals surface area contributed by atoms with Gasteiger partial charge >= 0.3 is 0 Å². The summed E-state index contributed by atoms with van der Waals surface area (Å²) in [5.74, 6) is 1.35. The van der Waals surface area contributed by atoms with E-state index in [1.54, 1.807) is 19.3 Å². The first-order valence-electron chi connectivity index (χ1n) is 11.2. The van der Waals surface area contributed by atoms with Gasteiger partial charge in [0.1, 0.15) is 11.0 Å². The van der Waals surface area contributed by atoms with Crippen LogP contribution in [0.15, 0.2) is 55.0 Å². The number of hydrogen-bond donors (Lipinski definition) is 3. The molecule has 1 aliphatic heterocycles. The monoisotopic (exact) mass is 453 g/mol. The first-order chi connectivity index (χ1) is 16.6. The lowest BCUT2D eigenvalue weighted by molar-refractivity contribution is -0.129. The van der Waals surface area contributed by atoms with E-state index < -0.39 is 0 Å². The first-order valence-corrected chi connectivity index (χ1v) is 11.2. The summed E-state index contributed by atoms with van der Waals surface area (Å²) in [6, 6.07) is 12.2. The van der Waals surface area contributed by atoms with E-state index in [4.69, 9.17) is 4.98 Å². The van der Waals surface area contributed by atoms with Gasteiger partial charge in [-0.15, -0.1) is 0 Å². The van der Waals surface area contributed by atoms with Crippen LogP contribution in [0.3, 0.4) is 0 Å². The van der Waals surface area contributed by atoms with Gasteiger partial charge in [0, 0.05) is 62.4 Å². The maximum absolute atomic E-state index is 11.6. The zero-order valence-corrected chi connectivity index (χ0v) is 18.6. The summed E-state index contributed by atoms with van der Waals surface area (Å²) < 4.78 is 0. The molecule has 0 unspecified atom stereocenters. The normalized spacial score (nSPS) is 14.1. The van der Waals surface area contributed by atoms with E-state index in [9.17, 15) is 4.79 Å². The summed E-state index contributed by atoms with van der Waals surface area (Å²) in [5, 5.41) is 10.5. The number of aromatic nitrogens is 6. The number of nitrogens with zero attached hydrogens (tertiary/aromatic N) is 6. The molecule has 0 bridgehead atoms. The van der Waals surface area contributed by atoms with Gasteiger partial charge in [0.2, 0.25) is 5.91 Å². The van der Waals surface area contributed by atoms with Gasteiger partial charge in [-0.2, -0.15) is 5.10 Å². The van der Waals surface area contributed by atoms with Crippen molar-refractivity contribution in [1.29, 1.82) is 0 Å². The topological polar surface area (TPSA) is 119 Å². The van der Waals surface area contributed by atoms with Crippen LogP contribution >= 0.6 is 0 Å². The maximum atomic E-state index is 11.6. The Morgan fingerprint density at radius 3 is 2.62 bits per heavy atom. The van der Waals surface area contributed by atoms with Crippen molar-refractivity contribution < 1.29 is 4.79 Å². The molecule has 0 saturated carbocycles. The second-order valence-corrected chi connectivity index (χ2v) is 8.33. The number of pyridine rings is 1. The van der Waals surface area contributed by atoms with Gasteiger partial charge in [-0.05, 0) is 36.4 Å². The number of fused-ring (bicyclic) bond motifs is 2. The fourth-order valence-corrected chi connectivity index (χ4v) is 4.29. The summed E-state index contributed by atoms with van der Waals surface area (Å²) in [6.45, 7) is 4.78. The van der Waals surface area contributed by atoms with Crippen molar-refractivity contribution in [3.05, 3.63) is 55.0 Å². The molecule has 5 heterocycles. The molecule has 3 N–H and O–H groups in total. The smallest absolute Gasteiger partial charge is 0.219 e. The molecule has 1 aromatic carbocycles. The van der Waals surface area contributed by atoms with E-state index in [1.165, 1.54) is 0 Å². The molecule has 10 nitrogen and oxygen atoms in total. The van der Waals surface area contributed by atoms with Crippen LogP contribution in [-0.2, 0) is 4.79 Å². The number of nitrogens with one attached hydrogen (secondary N) is 3. The van der Waals surface area contributed by atoms with Crippen LogP contribution in [0.5, 0.6) is 0 Å². The molecular formula is C24H23N9O. The van der Waals surface area contributed by atoms with Gasteiger partial charge in [0.15, 0.2) is 11.6 Å². The highest BCUT2D eigenvalue weighted by Gasteiger charge is 2.19. The van der Waals surface area contributed by atoms with Crippen molar-refractivity contribution >= 4 is 45.2 Å². The number of hydrogen-bond acceptors (Lipinski definition) is 7. The predicted octanol–water partition coefficient (Wildman–Crippen LogP) is 3.31. The molecular weight excluding hydrogens is 430 g/mol. The third kappa shape index (κ3) is 3.68. The van der Waals surface area contributed by atoms with Crippen molar-refractivity contribution in [2.24, 2.45) is 0 Å². The van der Waals surface area contributed by atoms with Gasteiger partial charge < -0.3 is 20.1 Å². The molecule has 34 heavy (non-hydrogen) atoms. The number of piperazine rings is 1. The fraction of sp³-hybridized carbons (Fsp3) is 0.208. The second kappa shape index (κ2) is 8.14. The Kier molecular flexibility index (Phi) is 4.83. The number of anilines is 3. The molecule has 1 aliphatic rings. The number of benzene rings is 1. The van der Waals surface area contributed by atoms with Gasteiger partial charge in [0.25, 0.3) is 0 Å². The Balaban J connectivity index is 1.26. The zero-order chi connectivity index (χ0) is 23.1. The van der Waals surface area contributed by atoms with Crippen LogP contribution in [0.2, 0.25) is 0 Å². The first kappa shape index (κ1) is 20.2. The minimum atomic E-state index is 0.136. The molecule has 1 amide bonds. The quantitative estimate of drug-likeness (QED) is 0.382. The molecule has 1 saturated heterocycles. The molecule has 6 rings (SSSR count). The molecule has 0 spiro atoms. The number of H-pyrrole nitrogens is 2. The Hall–Kier alpha value is -4.47. The van der Waals surface area contributed by atoms with Crippen LogP contribution in [0.4, 0.5) is 17.2 Å². The Morgan fingerprint density at radius 2 is 1.82 bits per heavy atom. The Labute approximate surface area is 195 Å². The van der Waals surface area contributed by atoms with Crippen molar-refractivity contribution in [2.45, 2.75) is 6.92 Å². The Bertz CT molecular complexity index is 1480. The highest BCUT2D eigenvalue weighted by atomic mass is 16.2. The molecule has 0 atom stereocenters. The highest BCUT2D eigenvalue weighted by Crippen LogP contribution is 2.28. The minimum absolute atomic E-state index is 0.136. The van der Waals surface area contributed by atoms with Gasteiger partial charge in [-0.1, -0.05) is 0 Å². The van der Waals surface area contributed by atoms with Gasteiger partial charge in [0.05, 0.1) is 17.2 Å². The maximum Gasteiger partial charge on any atom is 0.219 e. The van der Waals surface area contributed by atoms with Crippen molar-refractivity contribution in [2.75, 3.05) is 36.4 Å². The van der Waals surface area contributed by atoms with Crippen molar-refractivity contribution in [3.8, 4) is 11.4 Å². The minimum Gasteiger partial charge on any atom is -0.368 e. The average molecular weight is 454 g/mol. The lowest BCUT2D eigenvalue weighted by atomic mass is 10.2. The number of rotatable bonds is 4. The van der Waals surface area contributed by atoms with E-state index in [0.717, 1.165) is 65.2 Å². The number of carbonyl (C=O) groups is 1. The van der Waals surface area contributed by atoms with Crippen LogP contribution in [-0.4, -0.2) is 67.1 Å². The lowest BCUT2D eigenvalue weighted by Gasteiger charge is -2.35. The van der Waals surface area contributed by atoms with Crippen LogP contribution in [0.1, 0.15) is 6.92 Å². The molecule has 170 valence electrons. The lowest BCUT2D eigenvalue weighted by Crippen LogP contribution is -2.48.